The Morgan fingerprint density at radius 3 is 2.68 bits per heavy atom. The fourth-order valence-corrected chi connectivity index (χ4v) is 3.57. The van der Waals surface area contributed by atoms with Crippen molar-refractivity contribution in [2.24, 2.45) is 11.8 Å². The molecule has 2 bridgehead atoms. The van der Waals surface area contributed by atoms with Crippen molar-refractivity contribution >= 4 is 23.4 Å². The van der Waals surface area contributed by atoms with Gasteiger partial charge in [0.2, 0.25) is 0 Å². The van der Waals surface area contributed by atoms with Crippen molar-refractivity contribution in [1.82, 2.24) is 10.3 Å². The topological polar surface area (TPSA) is 65.5 Å². The maximum absolute atomic E-state index is 10.8. The van der Waals surface area contributed by atoms with E-state index in [0.29, 0.717) is 17.0 Å². The first-order valence-corrected chi connectivity index (χ1v) is 6.87. The maximum atomic E-state index is 10.8. The summed E-state index contributed by atoms with van der Waals surface area (Å²) >= 11 is 5.92. The number of carboxylic acid groups (broad SMARTS) is 1. The first kappa shape index (κ1) is 12.5. The van der Waals surface area contributed by atoms with Crippen LogP contribution >= 0.6 is 11.6 Å². The largest absolute Gasteiger partial charge is 0.465 e. The van der Waals surface area contributed by atoms with Crippen LogP contribution in [0, 0.1) is 11.8 Å². The van der Waals surface area contributed by atoms with Crippen LogP contribution in [0.15, 0.2) is 18.3 Å². The molecule has 2 unspecified atom stereocenters. The smallest absolute Gasteiger partial charge is 0.404 e. The van der Waals surface area contributed by atoms with Crippen molar-refractivity contribution in [1.29, 1.82) is 0 Å². The number of hydrogen-bond acceptors (Lipinski definition) is 3. The lowest BCUT2D eigenvalue weighted by molar-refractivity contribution is 0.178. The van der Waals surface area contributed by atoms with Gasteiger partial charge in [0.05, 0.1) is 0 Å². The summed E-state index contributed by atoms with van der Waals surface area (Å²) < 4.78 is 0. The Balaban J connectivity index is 1.75. The van der Waals surface area contributed by atoms with Crippen LogP contribution in [-0.4, -0.2) is 35.3 Å². The normalized spacial score (nSPS) is 29.3. The van der Waals surface area contributed by atoms with Gasteiger partial charge in [0, 0.05) is 31.0 Å². The highest BCUT2D eigenvalue weighted by Gasteiger charge is 2.42. The van der Waals surface area contributed by atoms with Crippen LogP contribution in [0.1, 0.15) is 12.8 Å². The molecule has 1 aromatic heterocycles. The molecule has 2 fully saturated rings. The van der Waals surface area contributed by atoms with Crippen LogP contribution in [0.2, 0.25) is 5.15 Å². The molecular formula is C13H16ClN3O2. The van der Waals surface area contributed by atoms with E-state index in [-0.39, 0.29) is 6.04 Å². The molecule has 102 valence electrons. The lowest BCUT2D eigenvalue weighted by Crippen LogP contribution is -2.52. The number of nitrogens with zero attached hydrogens (tertiary/aromatic N) is 2. The van der Waals surface area contributed by atoms with E-state index in [1.54, 1.807) is 6.20 Å². The standard InChI is InChI=1S/C13H16ClN3O2/c14-11-5-10(3-4-15-11)17-6-8-1-2-9(7-17)12(8)16-13(18)19/h3-5,8-9,12,16H,1-2,6-7H2,(H,18,19). The summed E-state index contributed by atoms with van der Waals surface area (Å²) in [6.07, 6.45) is 2.97. The summed E-state index contributed by atoms with van der Waals surface area (Å²) in [6.45, 7) is 1.75. The van der Waals surface area contributed by atoms with E-state index in [0.717, 1.165) is 31.6 Å². The highest BCUT2D eigenvalue weighted by atomic mass is 35.5. The average molecular weight is 282 g/mol. The number of anilines is 1. The second-order valence-electron chi connectivity index (χ2n) is 5.31. The maximum Gasteiger partial charge on any atom is 0.404 e. The van der Waals surface area contributed by atoms with E-state index in [1.165, 1.54) is 0 Å². The van der Waals surface area contributed by atoms with Gasteiger partial charge in [0.15, 0.2) is 0 Å². The summed E-state index contributed by atoms with van der Waals surface area (Å²) in [4.78, 5) is 17.1. The molecule has 0 aromatic carbocycles. The zero-order chi connectivity index (χ0) is 13.4. The molecule has 1 aliphatic carbocycles. The molecule has 0 spiro atoms. The van der Waals surface area contributed by atoms with Crippen molar-refractivity contribution in [2.75, 3.05) is 18.0 Å². The molecule has 2 heterocycles. The molecule has 1 aromatic rings. The van der Waals surface area contributed by atoms with Gasteiger partial charge in [-0.05, 0) is 36.8 Å². The van der Waals surface area contributed by atoms with E-state index in [4.69, 9.17) is 16.7 Å². The Morgan fingerprint density at radius 1 is 1.42 bits per heavy atom. The zero-order valence-electron chi connectivity index (χ0n) is 10.4. The fourth-order valence-electron chi connectivity index (χ4n) is 3.40. The van der Waals surface area contributed by atoms with E-state index in [9.17, 15) is 4.79 Å². The van der Waals surface area contributed by atoms with Gasteiger partial charge in [-0.1, -0.05) is 11.6 Å². The number of aromatic nitrogens is 1. The van der Waals surface area contributed by atoms with Crippen LogP contribution in [0.4, 0.5) is 10.5 Å². The van der Waals surface area contributed by atoms with E-state index >= 15 is 0 Å². The number of fused-ring (bicyclic) bond motifs is 2. The Kier molecular flexibility index (Phi) is 3.22. The fraction of sp³-hybridized carbons (Fsp3) is 0.538. The number of nitrogens with one attached hydrogen (secondary N) is 1. The number of amides is 1. The third-order valence-corrected chi connectivity index (χ3v) is 4.41. The molecule has 1 saturated heterocycles. The van der Waals surface area contributed by atoms with Gasteiger partial charge in [0.25, 0.3) is 0 Å². The molecule has 3 rings (SSSR count). The van der Waals surface area contributed by atoms with Crippen LogP contribution in [0.3, 0.4) is 0 Å². The van der Waals surface area contributed by atoms with Gasteiger partial charge in [-0.3, -0.25) is 0 Å². The molecule has 2 N–H and O–H groups in total. The molecule has 2 atom stereocenters. The minimum absolute atomic E-state index is 0.103. The Hall–Kier alpha value is -1.49. The lowest BCUT2D eigenvalue weighted by Gasteiger charge is -2.39. The quantitative estimate of drug-likeness (QED) is 0.816. The predicted octanol–water partition coefficient (Wildman–Crippen LogP) is 2.22. The van der Waals surface area contributed by atoms with Crippen molar-refractivity contribution in [3.05, 3.63) is 23.5 Å². The Bertz CT molecular complexity index is 483. The van der Waals surface area contributed by atoms with Crippen molar-refractivity contribution in [3.63, 3.8) is 0 Å². The van der Waals surface area contributed by atoms with Crippen molar-refractivity contribution in [2.45, 2.75) is 18.9 Å². The van der Waals surface area contributed by atoms with Crippen molar-refractivity contribution < 1.29 is 9.90 Å². The number of pyridine rings is 1. The molecule has 2 aliphatic rings. The first-order valence-electron chi connectivity index (χ1n) is 6.49. The minimum Gasteiger partial charge on any atom is -0.465 e. The van der Waals surface area contributed by atoms with Crippen LogP contribution in [0.5, 0.6) is 0 Å². The first-order chi connectivity index (χ1) is 9.13. The summed E-state index contributed by atoms with van der Waals surface area (Å²) in [6, 6.07) is 3.92. The molecule has 6 heteroatoms. The summed E-state index contributed by atoms with van der Waals surface area (Å²) in [5.41, 5.74) is 1.07. The minimum atomic E-state index is -0.915. The number of piperidine rings is 1. The summed E-state index contributed by atoms with van der Waals surface area (Å²) in [7, 11) is 0. The van der Waals surface area contributed by atoms with Crippen LogP contribution < -0.4 is 10.2 Å². The number of rotatable bonds is 2. The average Bonchev–Trinajstić information content (AvgIpc) is 2.61. The van der Waals surface area contributed by atoms with E-state index in [1.807, 2.05) is 12.1 Å². The Morgan fingerprint density at radius 2 is 2.11 bits per heavy atom. The SMILES string of the molecule is O=C(O)NC1C2CCC1CN(c1ccnc(Cl)c1)C2. The summed E-state index contributed by atoms with van der Waals surface area (Å²) in [5, 5.41) is 12.1. The number of carbonyl (C=O) groups is 1. The number of halogens is 1. The second-order valence-corrected chi connectivity index (χ2v) is 5.70. The number of hydrogen-bond donors (Lipinski definition) is 2. The third kappa shape index (κ3) is 2.47. The molecule has 1 aliphatic heterocycles. The highest BCUT2D eigenvalue weighted by Crippen LogP contribution is 2.38. The molecule has 1 saturated carbocycles. The second kappa shape index (κ2) is 4.89. The molecular weight excluding hydrogens is 266 g/mol. The molecule has 5 nitrogen and oxygen atoms in total. The van der Waals surface area contributed by atoms with Gasteiger partial charge >= 0.3 is 6.09 Å². The van der Waals surface area contributed by atoms with E-state index in [2.05, 4.69) is 15.2 Å². The van der Waals surface area contributed by atoms with E-state index < -0.39 is 6.09 Å². The monoisotopic (exact) mass is 281 g/mol. The molecule has 1 amide bonds. The molecule has 0 radical (unpaired) electrons. The van der Waals surface area contributed by atoms with Gasteiger partial charge in [-0.15, -0.1) is 0 Å². The molecule has 19 heavy (non-hydrogen) atoms. The van der Waals surface area contributed by atoms with Gasteiger partial charge in [-0.2, -0.15) is 0 Å². The lowest BCUT2D eigenvalue weighted by atomic mass is 9.92. The predicted molar refractivity (Wildman–Crippen MR) is 72.6 cm³/mol. The zero-order valence-corrected chi connectivity index (χ0v) is 11.2. The third-order valence-electron chi connectivity index (χ3n) is 4.20. The Labute approximate surface area is 116 Å². The van der Waals surface area contributed by atoms with Crippen LogP contribution in [-0.2, 0) is 0 Å². The van der Waals surface area contributed by atoms with Gasteiger partial charge in [0.1, 0.15) is 5.15 Å². The highest BCUT2D eigenvalue weighted by molar-refractivity contribution is 6.29. The van der Waals surface area contributed by atoms with Crippen LogP contribution in [0.25, 0.3) is 0 Å². The summed E-state index contributed by atoms with van der Waals surface area (Å²) in [5.74, 6) is 0.781. The van der Waals surface area contributed by atoms with Gasteiger partial charge in [-0.25, -0.2) is 9.78 Å². The van der Waals surface area contributed by atoms with Crippen molar-refractivity contribution in [3.8, 4) is 0 Å². The van der Waals surface area contributed by atoms with Gasteiger partial charge < -0.3 is 15.3 Å².